The van der Waals surface area contributed by atoms with Gasteiger partial charge in [-0.3, -0.25) is 0 Å². The van der Waals surface area contributed by atoms with Gasteiger partial charge in [-0.2, -0.15) is 26.3 Å². The topological polar surface area (TPSA) is 0 Å². The second-order valence-corrected chi connectivity index (χ2v) is 6.84. The molecule has 0 nitrogen and oxygen atoms in total. The zero-order chi connectivity index (χ0) is 20.1. The summed E-state index contributed by atoms with van der Waals surface area (Å²) < 4.78 is 73.7. The van der Waals surface area contributed by atoms with Crippen molar-refractivity contribution in [2.75, 3.05) is 0 Å². The van der Waals surface area contributed by atoms with Crippen molar-refractivity contribution in [3.63, 3.8) is 0 Å². The first-order chi connectivity index (χ1) is 11.9. The van der Waals surface area contributed by atoms with E-state index >= 15 is 0 Å². The van der Waals surface area contributed by atoms with Crippen molar-refractivity contribution in [3.8, 4) is 0 Å². The molecule has 0 atom stereocenters. The summed E-state index contributed by atoms with van der Waals surface area (Å²) in [6.07, 6.45) is -8.69. The molecule has 10 heteroatoms. The molecule has 0 aliphatic carbocycles. The Morgan fingerprint density at radius 2 is 1.31 bits per heavy atom. The maximum Gasteiger partial charge on any atom is 0.417 e. The summed E-state index contributed by atoms with van der Waals surface area (Å²) in [4.78, 5) is 0. The minimum absolute atomic E-state index is 0.141. The van der Waals surface area contributed by atoms with E-state index in [4.69, 9.17) is 23.2 Å². The summed E-state index contributed by atoms with van der Waals surface area (Å²) in [5.74, 6) is 0. The van der Waals surface area contributed by atoms with Crippen molar-refractivity contribution in [2.24, 2.45) is 0 Å². The Hall–Kier alpha value is -0.440. The van der Waals surface area contributed by atoms with E-state index in [1.54, 1.807) is 6.07 Å². The van der Waals surface area contributed by atoms with Crippen LogP contribution in [-0.2, 0) is 23.0 Å². The fourth-order valence-corrected chi connectivity index (χ4v) is 3.05. The van der Waals surface area contributed by atoms with Crippen molar-refractivity contribution in [2.45, 2.75) is 23.0 Å². The smallest absolute Gasteiger partial charge is 0.166 e. The van der Waals surface area contributed by atoms with E-state index in [1.165, 1.54) is 18.2 Å². The fourth-order valence-electron chi connectivity index (χ4n) is 1.82. The molecule has 144 valence electrons. The van der Waals surface area contributed by atoms with E-state index < -0.39 is 23.5 Å². The van der Waals surface area contributed by atoms with Crippen molar-refractivity contribution in [1.29, 1.82) is 0 Å². The number of benzene rings is 2. The number of alkyl halides is 8. The van der Waals surface area contributed by atoms with Gasteiger partial charge in [-0.05, 0) is 41.5 Å². The van der Waals surface area contributed by atoms with Crippen LogP contribution in [-0.4, -0.2) is 0 Å². The summed E-state index contributed by atoms with van der Waals surface area (Å²) >= 11 is 17.0. The van der Waals surface area contributed by atoms with Gasteiger partial charge in [-0.25, -0.2) is 0 Å². The van der Waals surface area contributed by atoms with Crippen LogP contribution < -0.4 is 0 Å². The molecular weight excluding hydrogens is 537 g/mol. The Labute approximate surface area is 172 Å². The molecule has 26 heavy (non-hydrogen) atoms. The van der Waals surface area contributed by atoms with E-state index in [-0.39, 0.29) is 15.9 Å². The van der Waals surface area contributed by atoms with Gasteiger partial charge < -0.3 is 0 Å². The summed E-state index contributed by atoms with van der Waals surface area (Å²) in [7, 11) is 0. The summed E-state index contributed by atoms with van der Waals surface area (Å²) in [6.45, 7) is 0. The number of hydrogen-bond donors (Lipinski definition) is 0. The number of halogens is 10. The molecule has 0 aliphatic rings. The van der Waals surface area contributed by atoms with Gasteiger partial charge in [-0.15, -0.1) is 0 Å². The molecule has 0 saturated heterocycles. The minimum Gasteiger partial charge on any atom is -0.166 e. The highest BCUT2D eigenvalue weighted by atomic mass is 79.9. The highest BCUT2D eigenvalue weighted by molar-refractivity contribution is 9.08. The third-order valence-corrected chi connectivity index (χ3v) is 4.82. The highest BCUT2D eigenvalue weighted by Gasteiger charge is 2.33. The lowest BCUT2D eigenvalue weighted by atomic mass is 10.1. The Kier molecular flexibility index (Phi) is 8.77. The molecule has 0 saturated carbocycles. The van der Waals surface area contributed by atoms with Crippen LogP contribution in [0.3, 0.4) is 0 Å². The monoisotopic (exact) mass is 544 g/mol. The first-order valence-electron chi connectivity index (χ1n) is 6.73. The molecule has 0 amide bonds. The van der Waals surface area contributed by atoms with E-state index in [1.807, 2.05) is 0 Å². The van der Waals surface area contributed by atoms with Gasteiger partial charge in [0.1, 0.15) is 0 Å². The molecule has 0 heterocycles. The fraction of sp³-hybridized carbons (Fsp3) is 0.250. The van der Waals surface area contributed by atoms with Gasteiger partial charge >= 0.3 is 12.4 Å². The Morgan fingerprint density at radius 1 is 0.731 bits per heavy atom. The number of rotatable bonds is 2. The van der Waals surface area contributed by atoms with Crippen molar-refractivity contribution in [3.05, 3.63) is 68.7 Å². The lowest BCUT2D eigenvalue weighted by Gasteiger charge is -2.10. The van der Waals surface area contributed by atoms with Crippen molar-refractivity contribution >= 4 is 55.1 Å². The van der Waals surface area contributed by atoms with Crippen LogP contribution in [0.1, 0.15) is 22.3 Å². The van der Waals surface area contributed by atoms with Crippen LogP contribution in [0.5, 0.6) is 0 Å². The van der Waals surface area contributed by atoms with Crippen LogP contribution in [0.4, 0.5) is 26.3 Å². The molecule has 0 radical (unpaired) electrons. The van der Waals surface area contributed by atoms with Crippen LogP contribution >= 0.6 is 55.1 Å². The zero-order valence-corrected chi connectivity index (χ0v) is 17.3. The lowest BCUT2D eigenvalue weighted by Crippen LogP contribution is -2.07. The predicted molar refractivity (Wildman–Crippen MR) is 98.2 cm³/mol. The van der Waals surface area contributed by atoms with Crippen LogP contribution in [0, 0.1) is 0 Å². The van der Waals surface area contributed by atoms with Crippen LogP contribution in [0.25, 0.3) is 0 Å². The van der Waals surface area contributed by atoms with E-state index in [2.05, 4.69) is 31.9 Å². The molecule has 0 spiro atoms. The van der Waals surface area contributed by atoms with E-state index in [9.17, 15) is 26.3 Å². The summed E-state index contributed by atoms with van der Waals surface area (Å²) in [5.41, 5.74) is -0.725. The van der Waals surface area contributed by atoms with E-state index in [0.717, 1.165) is 12.1 Å². The minimum atomic E-state index is -4.38. The molecule has 0 aromatic heterocycles. The highest BCUT2D eigenvalue weighted by Crippen LogP contribution is 2.35. The first kappa shape index (κ1) is 23.6. The Bertz CT molecular complexity index is 744. The Morgan fingerprint density at radius 3 is 1.77 bits per heavy atom. The van der Waals surface area contributed by atoms with Crippen LogP contribution in [0.2, 0.25) is 10.0 Å². The average molecular weight is 547 g/mol. The maximum atomic E-state index is 12.3. The second-order valence-electron chi connectivity index (χ2n) is 4.88. The normalized spacial score (nSPS) is 11.8. The lowest BCUT2D eigenvalue weighted by molar-refractivity contribution is -0.138. The maximum absolute atomic E-state index is 12.3. The number of hydrogen-bond acceptors (Lipinski definition) is 0. The van der Waals surface area contributed by atoms with Gasteiger partial charge in [-0.1, -0.05) is 61.1 Å². The van der Waals surface area contributed by atoms with Gasteiger partial charge in [0.25, 0.3) is 0 Å². The van der Waals surface area contributed by atoms with E-state index in [0.29, 0.717) is 15.9 Å². The molecule has 0 unspecified atom stereocenters. The van der Waals surface area contributed by atoms with Gasteiger partial charge in [0.05, 0.1) is 16.1 Å². The van der Waals surface area contributed by atoms with Gasteiger partial charge in [0.2, 0.25) is 0 Å². The SMILES string of the molecule is FC(F)(F)c1cc(CBr)ccc1Cl.FC(F)(F)c1ccc(Cl)cc1CBr. The quantitative estimate of drug-likeness (QED) is 0.262. The van der Waals surface area contributed by atoms with Crippen molar-refractivity contribution in [1.82, 2.24) is 0 Å². The third kappa shape index (κ3) is 6.94. The summed E-state index contributed by atoms with van der Waals surface area (Å²) in [5, 5.41) is 0.565. The van der Waals surface area contributed by atoms with Gasteiger partial charge in [0, 0.05) is 15.7 Å². The molecule has 2 rings (SSSR count). The third-order valence-electron chi connectivity index (χ3n) is 3.01. The zero-order valence-electron chi connectivity index (χ0n) is 12.7. The average Bonchev–Trinajstić information content (AvgIpc) is 2.53. The van der Waals surface area contributed by atoms with Crippen molar-refractivity contribution < 1.29 is 26.3 Å². The molecule has 2 aromatic carbocycles. The summed E-state index contributed by atoms with van der Waals surface area (Å²) in [6, 6.07) is 7.36. The predicted octanol–water partition coefficient (Wildman–Crippen LogP) is 8.51. The molecular formula is C16H10Br2Cl2F6. The largest absolute Gasteiger partial charge is 0.417 e. The molecule has 2 aromatic rings. The Balaban J connectivity index is 0.000000260. The van der Waals surface area contributed by atoms with Gasteiger partial charge in [0.15, 0.2) is 0 Å². The first-order valence-corrected chi connectivity index (χ1v) is 9.73. The molecule has 0 bridgehead atoms. The van der Waals surface area contributed by atoms with Crippen LogP contribution in [0.15, 0.2) is 36.4 Å². The second kappa shape index (κ2) is 9.66. The molecule has 0 fully saturated rings. The standard InChI is InChI=1S/2C8H5BrClF3/c9-4-5-3-6(10)1-2-7(5)8(11,12)13;9-4-5-1-2-7(10)6(3-5)8(11,12)13/h2*1-3H,4H2. The molecule has 0 N–H and O–H groups in total. The molecule has 0 aliphatic heterocycles.